The van der Waals surface area contributed by atoms with Gasteiger partial charge in [-0.3, -0.25) is 0 Å². The second kappa shape index (κ2) is 82.5. The molecule has 0 heterocycles. The Bertz CT molecular complexity index is 9.61. The van der Waals surface area contributed by atoms with Gasteiger partial charge in [0.2, 0.25) is 0 Å². The van der Waals surface area contributed by atoms with Crippen molar-refractivity contribution >= 4 is 65.0 Å². The fraction of sp³-hybridized carbons (Fsp3) is 0. The number of rotatable bonds is 0. The molecule has 0 fully saturated rings. The molecule has 0 saturated heterocycles. The molecule has 0 N–H and O–H groups in total. The predicted molar refractivity (Wildman–Crippen MR) is 21.4 cm³/mol. The summed E-state index contributed by atoms with van der Waals surface area (Å²) in [5.41, 5.74) is 0. The van der Waals surface area contributed by atoms with E-state index in [1.54, 1.807) is 0 Å². The fourth-order valence-electron chi connectivity index (χ4n) is 0. The van der Waals surface area contributed by atoms with E-state index in [-0.39, 0.29) is 51.4 Å². The van der Waals surface area contributed by atoms with Crippen LogP contribution in [0.4, 0.5) is 0 Å². The summed E-state index contributed by atoms with van der Waals surface area (Å²) in [5.74, 6) is 0. The summed E-state index contributed by atoms with van der Waals surface area (Å²) in [6.07, 6.45) is 0. The van der Waals surface area contributed by atoms with E-state index in [0.29, 0.717) is 0 Å². The third kappa shape index (κ3) is 46.2. The van der Waals surface area contributed by atoms with Gasteiger partial charge in [0, 0.05) is 0 Å². The van der Waals surface area contributed by atoms with Crippen LogP contribution >= 0.6 is 0 Å². The van der Waals surface area contributed by atoms with E-state index in [4.69, 9.17) is 9.59 Å². The van der Waals surface area contributed by atoms with Crippen molar-refractivity contribution in [1.82, 2.24) is 0 Å². The zero-order chi connectivity index (χ0) is 4.00. The van der Waals surface area contributed by atoms with Crippen molar-refractivity contribution in [3.05, 3.63) is 0 Å². The van der Waals surface area contributed by atoms with Crippen molar-refractivity contribution in [3.63, 3.8) is 0 Å². The van der Waals surface area contributed by atoms with Crippen molar-refractivity contribution in [1.29, 1.82) is 0 Å². The molecule has 2 nitrogen and oxygen atoms in total. The quantitative estimate of drug-likeness (QED) is 0.365. The molecular weight excluding hydrogens is 95.1 g/mol. The standard InChI is InChI=1S/2CH2O.K.H/c2*1-2;;/h2*1H2;;. The van der Waals surface area contributed by atoms with Crippen molar-refractivity contribution in [2.24, 2.45) is 0 Å². The first-order valence-corrected chi connectivity index (χ1v) is 0.577. The Labute approximate surface area is 73.4 Å². The van der Waals surface area contributed by atoms with E-state index in [0.717, 1.165) is 0 Å². The Kier molecular flexibility index (Phi) is 276. The third-order valence-electron chi connectivity index (χ3n) is 0. The molecule has 0 amide bonds. The van der Waals surface area contributed by atoms with Gasteiger partial charge >= 0.3 is 51.4 Å². The molecule has 26 valence electrons. The number of carbonyl (C=O) groups is 2. The van der Waals surface area contributed by atoms with Crippen molar-refractivity contribution in [2.45, 2.75) is 0 Å². The molecule has 0 spiro atoms. The number of carbonyl (C=O) groups excluding carboxylic acids is 2. The van der Waals surface area contributed by atoms with Crippen molar-refractivity contribution in [3.8, 4) is 0 Å². The first-order valence-electron chi connectivity index (χ1n) is 0.577. The van der Waals surface area contributed by atoms with Gasteiger partial charge < -0.3 is 9.59 Å². The molecule has 0 aromatic rings. The maximum atomic E-state index is 8.00. The van der Waals surface area contributed by atoms with Crippen molar-refractivity contribution in [2.75, 3.05) is 0 Å². The monoisotopic (exact) mass is 100.0 g/mol. The van der Waals surface area contributed by atoms with Crippen LogP contribution in [0, 0.1) is 0 Å². The number of hydrogen-bond donors (Lipinski definition) is 0. The summed E-state index contributed by atoms with van der Waals surface area (Å²) in [5, 5.41) is 0. The van der Waals surface area contributed by atoms with Crippen LogP contribution in [0.1, 0.15) is 0 Å². The molecule has 5 heavy (non-hydrogen) atoms. The summed E-state index contributed by atoms with van der Waals surface area (Å²) in [7, 11) is 0. The zero-order valence-corrected chi connectivity index (χ0v) is 2.23. The maximum absolute atomic E-state index is 8.00. The summed E-state index contributed by atoms with van der Waals surface area (Å²) in [6, 6.07) is 0. The summed E-state index contributed by atoms with van der Waals surface area (Å²) in [6.45, 7) is 4.00. The average molecular weight is 100 g/mol. The van der Waals surface area contributed by atoms with Crippen LogP contribution in [0.25, 0.3) is 0 Å². The minimum absolute atomic E-state index is 0. The second-order valence-corrected chi connectivity index (χ2v) is 0. The molecule has 0 unspecified atom stereocenters. The molecule has 0 aliphatic carbocycles. The van der Waals surface area contributed by atoms with Crippen LogP contribution in [0.15, 0.2) is 0 Å². The van der Waals surface area contributed by atoms with Crippen LogP contribution in [0.5, 0.6) is 0 Å². The van der Waals surface area contributed by atoms with Crippen LogP contribution in [0.2, 0.25) is 0 Å². The Morgan fingerprint density at radius 1 is 0.800 bits per heavy atom. The van der Waals surface area contributed by atoms with Crippen LogP contribution < -0.4 is 0 Å². The Hall–Kier alpha value is 0.976. The Morgan fingerprint density at radius 2 is 0.800 bits per heavy atom. The van der Waals surface area contributed by atoms with E-state index in [1.165, 1.54) is 0 Å². The molecular formula is C2H5KO2. The average Bonchev–Trinajstić information content (AvgIpc) is 1.50. The molecule has 0 aliphatic rings. The molecule has 0 rings (SSSR count). The Morgan fingerprint density at radius 3 is 0.800 bits per heavy atom. The molecule has 0 aromatic heterocycles. The van der Waals surface area contributed by atoms with Crippen LogP contribution in [-0.2, 0) is 9.59 Å². The van der Waals surface area contributed by atoms with Gasteiger partial charge in [0.1, 0.15) is 13.6 Å². The van der Waals surface area contributed by atoms with Gasteiger partial charge in [0.15, 0.2) is 0 Å². The van der Waals surface area contributed by atoms with E-state index in [1.807, 2.05) is 13.6 Å². The first-order chi connectivity index (χ1) is 2.00. The number of hydrogen-bond acceptors (Lipinski definition) is 2. The molecule has 3 heteroatoms. The molecule has 0 atom stereocenters. The van der Waals surface area contributed by atoms with E-state index < -0.39 is 0 Å². The zero-order valence-electron chi connectivity index (χ0n) is 2.23. The minimum atomic E-state index is 0. The van der Waals surface area contributed by atoms with E-state index >= 15 is 0 Å². The SMILES string of the molecule is C=O.C=O.[KH]. The summed E-state index contributed by atoms with van der Waals surface area (Å²) < 4.78 is 0. The Balaban J connectivity index is -0.0000000133. The third-order valence-corrected chi connectivity index (χ3v) is 0. The van der Waals surface area contributed by atoms with Gasteiger partial charge in [-0.15, -0.1) is 0 Å². The van der Waals surface area contributed by atoms with Crippen LogP contribution in [-0.4, -0.2) is 65.0 Å². The van der Waals surface area contributed by atoms with Gasteiger partial charge in [0.25, 0.3) is 0 Å². The normalized spacial score (nSPS) is 1.60. The van der Waals surface area contributed by atoms with Gasteiger partial charge in [-0.2, -0.15) is 0 Å². The molecule has 0 saturated carbocycles. The van der Waals surface area contributed by atoms with Crippen LogP contribution in [0.3, 0.4) is 0 Å². The molecule has 0 aromatic carbocycles. The molecule has 0 aliphatic heterocycles. The summed E-state index contributed by atoms with van der Waals surface area (Å²) >= 11 is 0. The topological polar surface area (TPSA) is 34.1 Å². The second-order valence-electron chi connectivity index (χ2n) is 0. The van der Waals surface area contributed by atoms with Gasteiger partial charge in [0.05, 0.1) is 0 Å². The molecule has 0 bridgehead atoms. The van der Waals surface area contributed by atoms with Gasteiger partial charge in [-0.25, -0.2) is 0 Å². The first kappa shape index (κ1) is 16.7. The fourth-order valence-corrected chi connectivity index (χ4v) is 0. The summed E-state index contributed by atoms with van der Waals surface area (Å²) in [4.78, 5) is 16.0. The van der Waals surface area contributed by atoms with Gasteiger partial charge in [-0.05, 0) is 0 Å². The van der Waals surface area contributed by atoms with Crippen molar-refractivity contribution < 1.29 is 9.59 Å². The van der Waals surface area contributed by atoms with E-state index in [2.05, 4.69) is 0 Å². The van der Waals surface area contributed by atoms with Gasteiger partial charge in [-0.1, -0.05) is 0 Å². The van der Waals surface area contributed by atoms with E-state index in [9.17, 15) is 0 Å². The predicted octanol–water partition coefficient (Wildman–Crippen LogP) is -1.02. The molecule has 0 radical (unpaired) electrons.